The van der Waals surface area contributed by atoms with E-state index in [-0.39, 0.29) is 11.9 Å². The number of nitrogens with zero attached hydrogens (tertiary/aromatic N) is 2. The van der Waals surface area contributed by atoms with Crippen LogP contribution in [0.1, 0.15) is 29.5 Å². The average molecular weight is 380 g/mol. The van der Waals surface area contributed by atoms with Gasteiger partial charge in [-0.05, 0) is 42.7 Å². The Kier molecular flexibility index (Phi) is 4.20. The summed E-state index contributed by atoms with van der Waals surface area (Å²) in [6.07, 6.45) is 2.37. The number of amides is 1. The first-order valence-electron chi connectivity index (χ1n) is 9.31. The Morgan fingerprint density at radius 1 is 1.15 bits per heavy atom. The second-order valence-electron chi connectivity index (χ2n) is 6.92. The van der Waals surface area contributed by atoms with E-state index in [1.54, 1.807) is 11.3 Å². The fourth-order valence-electron chi connectivity index (χ4n) is 3.83. The van der Waals surface area contributed by atoms with Crippen LogP contribution in [0.5, 0.6) is 11.5 Å². The van der Waals surface area contributed by atoms with Crippen LogP contribution in [0.3, 0.4) is 0 Å². The van der Waals surface area contributed by atoms with Crippen LogP contribution in [-0.2, 0) is 11.2 Å². The number of likely N-dealkylation sites (tertiary alicyclic amines) is 1. The molecule has 5 nitrogen and oxygen atoms in total. The molecule has 0 radical (unpaired) electrons. The minimum Gasteiger partial charge on any atom is -0.486 e. The Balaban J connectivity index is 1.36. The van der Waals surface area contributed by atoms with Crippen molar-refractivity contribution in [1.29, 1.82) is 0 Å². The van der Waals surface area contributed by atoms with Gasteiger partial charge in [0.15, 0.2) is 11.5 Å². The quantitative estimate of drug-likeness (QED) is 0.690. The summed E-state index contributed by atoms with van der Waals surface area (Å²) >= 11 is 1.70. The van der Waals surface area contributed by atoms with Crippen LogP contribution in [0.15, 0.2) is 42.5 Å². The standard InChI is InChI=1S/C21H20N2O3S/c24-20(13-14-7-8-17-18(12-14)26-11-10-25-17)23-9-3-5-16(23)21-22-15-4-1-2-6-19(15)27-21/h1-2,4,6-8,12,16H,3,5,9-11,13H2/t16-/m0/s1. The number of fused-ring (bicyclic) bond motifs is 2. The van der Waals surface area contributed by atoms with E-state index in [2.05, 4.69) is 6.07 Å². The van der Waals surface area contributed by atoms with Crippen LogP contribution >= 0.6 is 11.3 Å². The molecule has 27 heavy (non-hydrogen) atoms. The van der Waals surface area contributed by atoms with E-state index < -0.39 is 0 Å². The van der Waals surface area contributed by atoms with E-state index in [1.165, 1.54) is 4.70 Å². The summed E-state index contributed by atoms with van der Waals surface area (Å²) in [7, 11) is 0. The monoisotopic (exact) mass is 380 g/mol. The fourth-order valence-corrected chi connectivity index (χ4v) is 4.94. The molecule has 0 N–H and O–H groups in total. The first kappa shape index (κ1) is 16.6. The zero-order chi connectivity index (χ0) is 18.2. The SMILES string of the molecule is O=C(Cc1ccc2c(c1)OCCO2)N1CCC[C@H]1c1nc2ccccc2s1. The van der Waals surface area contributed by atoms with Crippen molar-refractivity contribution in [2.75, 3.05) is 19.8 Å². The van der Waals surface area contributed by atoms with Crippen molar-refractivity contribution in [3.05, 3.63) is 53.0 Å². The summed E-state index contributed by atoms with van der Waals surface area (Å²) < 4.78 is 12.4. The van der Waals surface area contributed by atoms with Gasteiger partial charge in [-0.1, -0.05) is 18.2 Å². The van der Waals surface area contributed by atoms with Gasteiger partial charge in [-0.3, -0.25) is 4.79 Å². The predicted molar refractivity (Wildman–Crippen MR) is 104 cm³/mol. The number of hydrogen-bond donors (Lipinski definition) is 0. The maximum Gasteiger partial charge on any atom is 0.227 e. The zero-order valence-electron chi connectivity index (χ0n) is 14.9. The third kappa shape index (κ3) is 3.14. The lowest BCUT2D eigenvalue weighted by atomic mass is 10.1. The molecule has 2 aromatic carbocycles. The third-order valence-electron chi connectivity index (χ3n) is 5.13. The minimum atomic E-state index is 0.0899. The Hall–Kier alpha value is -2.60. The zero-order valence-corrected chi connectivity index (χ0v) is 15.7. The summed E-state index contributed by atoms with van der Waals surface area (Å²) in [5.74, 6) is 1.63. The largest absolute Gasteiger partial charge is 0.486 e. The Morgan fingerprint density at radius 3 is 2.89 bits per heavy atom. The molecule has 1 fully saturated rings. The number of ether oxygens (including phenoxy) is 2. The minimum absolute atomic E-state index is 0.0899. The lowest BCUT2D eigenvalue weighted by Gasteiger charge is -2.24. The Bertz CT molecular complexity index is 967. The lowest BCUT2D eigenvalue weighted by Crippen LogP contribution is -2.31. The molecule has 138 valence electrons. The summed E-state index contributed by atoms with van der Waals surface area (Å²) in [5, 5.41) is 1.05. The van der Waals surface area contributed by atoms with E-state index in [0.29, 0.717) is 19.6 Å². The number of carbonyl (C=O) groups is 1. The van der Waals surface area contributed by atoms with Crippen LogP contribution in [0.2, 0.25) is 0 Å². The highest BCUT2D eigenvalue weighted by Crippen LogP contribution is 2.37. The number of hydrogen-bond acceptors (Lipinski definition) is 5. The molecule has 1 saturated heterocycles. The molecule has 2 aliphatic rings. The Morgan fingerprint density at radius 2 is 2.00 bits per heavy atom. The maximum absolute atomic E-state index is 13.0. The van der Waals surface area contributed by atoms with E-state index in [4.69, 9.17) is 14.5 Å². The number of para-hydroxylation sites is 1. The van der Waals surface area contributed by atoms with Crippen molar-refractivity contribution in [2.24, 2.45) is 0 Å². The van der Waals surface area contributed by atoms with Gasteiger partial charge in [0.25, 0.3) is 0 Å². The molecule has 1 atom stereocenters. The highest BCUT2D eigenvalue weighted by atomic mass is 32.1. The van der Waals surface area contributed by atoms with Gasteiger partial charge in [-0.15, -0.1) is 11.3 Å². The molecular weight excluding hydrogens is 360 g/mol. The highest BCUT2D eigenvalue weighted by molar-refractivity contribution is 7.18. The first-order valence-corrected chi connectivity index (χ1v) is 10.1. The van der Waals surface area contributed by atoms with Gasteiger partial charge >= 0.3 is 0 Å². The summed E-state index contributed by atoms with van der Waals surface area (Å²) in [4.78, 5) is 19.8. The van der Waals surface area contributed by atoms with Gasteiger partial charge in [0.1, 0.15) is 18.2 Å². The van der Waals surface area contributed by atoms with Crippen LogP contribution in [0, 0.1) is 0 Å². The fraction of sp³-hybridized carbons (Fsp3) is 0.333. The average Bonchev–Trinajstić information content (AvgIpc) is 3.34. The van der Waals surface area contributed by atoms with Gasteiger partial charge < -0.3 is 14.4 Å². The van der Waals surface area contributed by atoms with E-state index in [0.717, 1.165) is 47.0 Å². The highest BCUT2D eigenvalue weighted by Gasteiger charge is 2.32. The molecule has 3 aromatic rings. The molecule has 0 aliphatic carbocycles. The molecule has 5 rings (SSSR count). The summed E-state index contributed by atoms with van der Waals surface area (Å²) in [6.45, 7) is 1.92. The molecule has 0 saturated carbocycles. The molecule has 0 spiro atoms. The molecule has 6 heteroatoms. The topological polar surface area (TPSA) is 51.7 Å². The lowest BCUT2D eigenvalue weighted by molar-refractivity contribution is -0.131. The first-order chi connectivity index (χ1) is 13.3. The summed E-state index contributed by atoms with van der Waals surface area (Å²) in [6, 6.07) is 14.0. The number of benzene rings is 2. The predicted octanol–water partition coefficient (Wildman–Crippen LogP) is 3.97. The van der Waals surface area contributed by atoms with Crippen LogP contribution < -0.4 is 9.47 Å². The van der Waals surface area contributed by atoms with Crippen molar-refractivity contribution in [2.45, 2.75) is 25.3 Å². The van der Waals surface area contributed by atoms with E-state index in [1.807, 2.05) is 41.3 Å². The number of rotatable bonds is 3. The van der Waals surface area contributed by atoms with Gasteiger partial charge in [0, 0.05) is 6.54 Å². The van der Waals surface area contributed by atoms with Gasteiger partial charge in [-0.25, -0.2) is 4.98 Å². The van der Waals surface area contributed by atoms with Crippen LogP contribution in [0.4, 0.5) is 0 Å². The second kappa shape index (κ2) is 6.85. The molecule has 3 heterocycles. The molecule has 0 unspecified atom stereocenters. The van der Waals surface area contributed by atoms with Gasteiger partial charge in [0.2, 0.25) is 5.91 Å². The molecule has 2 aliphatic heterocycles. The normalized spacial score (nSPS) is 18.8. The number of thiazole rings is 1. The smallest absolute Gasteiger partial charge is 0.227 e. The second-order valence-corrected chi connectivity index (χ2v) is 7.98. The molecule has 1 amide bonds. The maximum atomic E-state index is 13.0. The van der Waals surface area contributed by atoms with E-state index >= 15 is 0 Å². The van der Waals surface area contributed by atoms with Gasteiger partial charge in [0.05, 0.1) is 22.7 Å². The van der Waals surface area contributed by atoms with Crippen LogP contribution in [0.25, 0.3) is 10.2 Å². The van der Waals surface area contributed by atoms with Crippen molar-refractivity contribution in [3.8, 4) is 11.5 Å². The van der Waals surface area contributed by atoms with Crippen molar-refractivity contribution in [1.82, 2.24) is 9.88 Å². The van der Waals surface area contributed by atoms with Gasteiger partial charge in [-0.2, -0.15) is 0 Å². The molecule has 1 aromatic heterocycles. The Labute approximate surface area is 161 Å². The van der Waals surface area contributed by atoms with Crippen LogP contribution in [-0.4, -0.2) is 35.5 Å². The van der Waals surface area contributed by atoms with E-state index in [9.17, 15) is 4.79 Å². The van der Waals surface area contributed by atoms with Crippen molar-refractivity contribution < 1.29 is 14.3 Å². The van der Waals surface area contributed by atoms with Crippen molar-refractivity contribution >= 4 is 27.5 Å². The van der Waals surface area contributed by atoms with Crippen molar-refractivity contribution in [3.63, 3.8) is 0 Å². The number of carbonyl (C=O) groups excluding carboxylic acids is 1. The molecular formula is C21H20N2O3S. The number of aromatic nitrogens is 1. The summed E-state index contributed by atoms with van der Waals surface area (Å²) in [5.41, 5.74) is 1.97. The third-order valence-corrected chi connectivity index (χ3v) is 6.27. The molecule has 0 bridgehead atoms.